The lowest BCUT2D eigenvalue weighted by Crippen LogP contribution is -2.54. The number of aliphatic hydroxyl groups excluding tert-OH is 1. The molecule has 0 saturated carbocycles. The second-order valence-corrected chi connectivity index (χ2v) is 12.9. The van der Waals surface area contributed by atoms with E-state index in [0.29, 0.717) is 31.1 Å². The zero-order valence-corrected chi connectivity index (χ0v) is 24.8. The number of likely N-dealkylation sites (tertiary alicyclic amines) is 1. The molecule has 0 aliphatic carbocycles. The fraction of sp³-hybridized carbons (Fsp3) is 0.406. The topological polar surface area (TPSA) is 99.6 Å². The third-order valence-corrected chi connectivity index (χ3v) is 10.5. The summed E-state index contributed by atoms with van der Waals surface area (Å²) in [6.45, 7) is 4.87. The van der Waals surface area contributed by atoms with E-state index in [-0.39, 0.29) is 30.9 Å². The van der Waals surface area contributed by atoms with Gasteiger partial charge in [0.25, 0.3) is 5.91 Å². The highest BCUT2D eigenvalue weighted by Gasteiger charge is 2.74. The first-order valence-corrected chi connectivity index (χ1v) is 15.1. The summed E-state index contributed by atoms with van der Waals surface area (Å²) < 4.78 is 9.17. The Kier molecular flexibility index (Phi) is 7.31. The van der Waals surface area contributed by atoms with E-state index in [1.165, 1.54) is 16.7 Å². The number of carbonyl (C=O) groups is 3. The fourth-order valence-electron chi connectivity index (χ4n) is 6.98. The van der Waals surface area contributed by atoms with Gasteiger partial charge >= 0.3 is 0 Å². The Morgan fingerprint density at radius 3 is 2.05 bits per heavy atom. The third kappa shape index (κ3) is 4.31. The molecule has 1 unspecified atom stereocenters. The molecule has 1 spiro atoms. The van der Waals surface area contributed by atoms with Gasteiger partial charge in [-0.05, 0) is 62.4 Å². The number of thioether (sulfide) groups is 1. The van der Waals surface area contributed by atoms with Crippen molar-refractivity contribution in [2.24, 2.45) is 11.8 Å². The van der Waals surface area contributed by atoms with Crippen LogP contribution >= 0.6 is 11.8 Å². The molecule has 4 heterocycles. The number of fused-ring (bicyclic) bond motifs is 2. The van der Waals surface area contributed by atoms with Crippen LogP contribution in [-0.2, 0) is 14.4 Å². The average Bonchev–Trinajstić information content (AvgIpc) is 3.24. The average molecular weight is 590 g/mol. The van der Waals surface area contributed by atoms with Gasteiger partial charge < -0.3 is 29.3 Å². The minimum Gasteiger partial charge on any atom is -0.497 e. The summed E-state index contributed by atoms with van der Waals surface area (Å²) in [6.07, 6.45) is 7.93. The van der Waals surface area contributed by atoms with Gasteiger partial charge in [-0.15, -0.1) is 11.8 Å². The van der Waals surface area contributed by atoms with Gasteiger partial charge in [0, 0.05) is 35.8 Å². The smallest absolute Gasteiger partial charge is 0.251 e. The van der Waals surface area contributed by atoms with Crippen molar-refractivity contribution in [3.05, 3.63) is 72.8 Å². The molecule has 3 amide bonds. The first-order valence-electron chi connectivity index (χ1n) is 14.2. The molecule has 220 valence electrons. The maximum Gasteiger partial charge on any atom is 0.251 e. The van der Waals surface area contributed by atoms with E-state index in [4.69, 9.17) is 9.47 Å². The van der Waals surface area contributed by atoms with Crippen LogP contribution < -0.4 is 19.3 Å². The number of aliphatic hydroxyl groups is 1. The standard InChI is InChI=1S/C32H35N3O6S/c1-4-41-24-13-9-21(10-14-24)33-17-5-15-31(2)25(28(33)37)26-29(38)35(19-20-36)27-30(39)34(18-6-16-32(26,27)42-31)22-7-11-23(40-3)12-8-22/h5-16,25-27,36H,4,17-20H2,1-3H3/t25-,26-,27?,31+,32-/m0/s1. The summed E-state index contributed by atoms with van der Waals surface area (Å²) in [5.41, 5.74) is 1.40. The number of β-amino-alcohol motifs (C(OH)–C–C–N with tert-alkyl or cyclic N) is 1. The number of benzene rings is 2. The van der Waals surface area contributed by atoms with Crippen LogP contribution in [0.25, 0.3) is 0 Å². The van der Waals surface area contributed by atoms with Gasteiger partial charge in [0.15, 0.2) is 0 Å². The molecule has 6 rings (SSSR count). The van der Waals surface area contributed by atoms with Gasteiger partial charge in [-0.2, -0.15) is 0 Å². The van der Waals surface area contributed by atoms with Gasteiger partial charge in [-0.3, -0.25) is 14.4 Å². The van der Waals surface area contributed by atoms with Crippen molar-refractivity contribution in [1.29, 1.82) is 0 Å². The number of carbonyl (C=O) groups excluding carboxylic acids is 3. The van der Waals surface area contributed by atoms with E-state index < -0.39 is 27.4 Å². The number of rotatable bonds is 7. The number of amides is 3. The number of anilines is 2. The first kappa shape index (κ1) is 28.4. The largest absolute Gasteiger partial charge is 0.497 e. The lowest BCUT2D eigenvalue weighted by Gasteiger charge is -2.36. The van der Waals surface area contributed by atoms with Crippen molar-refractivity contribution in [1.82, 2.24) is 4.90 Å². The highest BCUT2D eigenvalue weighted by molar-refractivity contribution is 8.02. The molecule has 10 heteroatoms. The van der Waals surface area contributed by atoms with Gasteiger partial charge in [-0.25, -0.2) is 0 Å². The molecule has 2 aromatic rings. The Bertz CT molecular complexity index is 1440. The van der Waals surface area contributed by atoms with Crippen molar-refractivity contribution < 1.29 is 29.0 Å². The normalized spacial score (nSPS) is 30.1. The zero-order chi connectivity index (χ0) is 29.6. The second kappa shape index (κ2) is 10.8. The molecular weight excluding hydrogens is 554 g/mol. The van der Waals surface area contributed by atoms with E-state index in [1.54, 1.807) is 29.0 Å². The molecule has 2 saturated heterocycles. The Morgan fingerprint density at radius 1 is 0.857 bits per heavy atom. The number of ether oxygens (including phenoxy) is 2. The third-order valence-electron chi connectivity index (χ3n) is 8.74. The number of nitrogens with zero attached hydrogens (tertiary/aromatic N) is 3. The summed E-state index contributed by atoms with van der Waals surface area (Å²) in [5.74, 6) is -0.765. The van der Waals surface area contributed by atoms with Crippen molar-refractivity contribution in [3.63, 3.8) is 0 Å². The van der Waals surface area contributed by atoms with Crippen LogP contribution in [0.15, 0.2) is 72.8 Å². The van der Waals surface area contributed by atoms with E-state index in [1.807, 2.05) is 74.5 Å². The summed E-state index contributed by atoms with van der Waals surface area (Å²) >= 11 is 1.52. The van der Waals surface area contributed by atoms with E-state index in [2.05, 4.69) is 0 Å². The lowest BCUT2D eigenvalue weighted by atomic mass is 9.74. The van der Waals surface area contributed by atoms with Gasteiger partial charge in [0.2, 0.25) is 11.8 Å². The number of hydrogen-bond donors (Lipinski definition) is 1. The molecule has 4 aliphatic rings. The summed E-state index contributed by atoms with van der Waals surface area (Å²) in [7, 11) is 1.59. The van der Waals surface area contributed by atoms with Crippen LogP contribution in [0, 0.1) is 11.8 Å². The molecule has 4 aliphatic heterocycles. The summed E-state index contributed by atoms with van der Waals surface area (Å²) in [5, 5.41) is 9.97. The van der Waals surface area contributed by atoms with E-state index >= 15 is 0 Å². The molecular formula is C32H35N3O6S. The monoisotopic (exact) mass is 589 g/mol. The predicted octanol–water partition coefficient (Wildman–Crippen LogP) is 3.28. The quantitative estimate of drug-likeness (QED) is 0.495. The minimum absolute atomic E-state index is 0.00834. The first-order chi connectivity index (χ1) is 20.3. The fourth-order valence-corrected chi connectivity index (χ4v) is 9.14. The zero-order valence-electron chi connectivity index (χ0n) is 23.9. The number of methoxy groups -OCH3 is 1. The maximum absolute atomic E-state index is 14.5. The molecule has 9 nitrogen and oxygen atoms in total. The highest BCUT2D eigenvalue weighted by atomic mass is 32.2. The SMILES string of the molecule is CCOc1ccc(N2CC=C[C@@]3(C)S[C@]45C=CCN(c6ccc(OC)cc6)C(=O)C4N(CCO)C(=O)[C@@H]5[C@H]3C2=O)cc1. The van der Waals surface area contributed by atoms with Gasteiger partial charge in [-0.1, -0.05) is 24.3 Å². The molecule has 1 N–H and O–H groups in total. The van der Waals surface area contributed by atoms with Crippen molar-refractivity contribution in [2.45, 2.75) is 29.4 Å². The van der Waals surface area contributed by atoms with Crippen molar-refractivity contribution in [3.8, 4) is 11.5 Å². The maximum atomic E-state index is 14.5. The second-order valence-electron chi connectivity index (χ2n) is 11.1. The molecule has 2 aromatic carbocycles. The molecule has 2 fully saturated rings. The van der Waals surface area contributed by atoms with Crippen LogP contribution in [0.2, 0.25) is 0 Å². The van der Waals surface area contributed by atoms with Crippen molar-refractivity contribution in [2.75, 3.05) is 49.8 Å². The van der Waals surface area contributed by atoms with Crippen LogP contribution in [0.1, 0.15) is 13.8 Å². The van der Waals surface area contributed by atoms with Gasteiger partial charge in [0.1, 0.15) is 17.5 Å². The lowest BCUT2D eigenvalue weighted by molar-refractivity contribution is -0.139. The highest BCUT2D eigenvalue weighted by Crippen LogP contribution is 2.65. The van der Waals surface area contributed by atoms with Crippen LogP contribution in [-0.4, -0.2) is 83.2 Å². The molecule has 0 aromatic heterocycles. The van der Waals surface area contributed by atoms with Crippen LogP contribution in [0.5, 0.6) is 11.5 Å². The van der Waals surface area contributed by atoms with Crippen molar-refractivity contribution >= 4 is 40.9 Å². The minimum atomic E-state index is -0.980. The molecule has 0 radical (unpaired) electrons. The number of hydrogen-bond acceptors (Lipinski definition) is 7. The van der Waals surface area contributed by atoms with Gasteiger partial charge in [0.05, 0.1) is 36.9 Å². The van der Waals surface area contributed by atoms with E-state index in [0.717, 1.165) is 11.4 Å². The van der Waals surface area contributed by atoms with Crippen LogP contribution in [0.3, 0.4) is 0 Å². The Morgan fingerprint density at radius 2 is 1.45 bits per heavy atom. The Balaban J connectivity index is 1.41. The summed E-state index contributed by atoms with van der Waals surface area (Å²) in [4.78, 5) is 48.1. The molecule has 5 atom stereocenters. The van der Waals surface area contributed by atoms with E-state index in [9.17, 15) is 19.5 Å². The predicted molar refractivity (Wildman–Crippen MR) is 162 cm³/mol. The van der Waals surface area contributed by atoms with Crippen LogP contribution in [0.4, 0.5) is 11.4 Å². The summed E-state index contributed by atoms with van der Waals surface area (Å²) in [6, 6.07) is 13.7. The molecule has 42 heavy (non-hydrogen) atoms. The Labute approximate surface area is 249 Å². The Hall–Kier alpha value is -3.76. The molecule has 0 bridgehead atoms.